The molecule has 0 aromatic heterocycles. The van der Waals surface area contributed by atoms with Crippen LogP contribution in [0.25, 0.3) is 0 Å². The fourth-order valence-electron chi connectivity index (χ4n) is 4.51. The Morgan fingerprint density at radius 1 is 1.21 bits per heavy atom. The Balaban J connectivity index is 1.86. The summed E-state index contributed by atoms with van der Waals surface area (Å²) in [6, 6.07) is 6.13. The molecule has 3 rings (SSSR count). The van der Waals surface area contributed by atoms with Crippen molar-refractivity contribution in [2.75, 3.05) is 26.8 Å². The fourth-order valence-corrected chi connectivity index (χ4v) is 4.51. The Morgan fingerprint density at radius 2 is 1.88 bits per heavy atom. The summed E-state index contributed by atoms with van der Waals surface area (Å²) < 4.78 is 11.5. The van der Waals surface area contributed by atoms with Gasteiger partial charge in [0.05, 0.1) is 13.7 Å². The number of hydrogen-bond acceptors (Lipinski definition) is 5. The number of hydrogen-bond donors (Lipinski definition) is 1. The first-order valence-electron chi connectivity index (χ1n) is 11.7. The molecular weight excluding hydrogens is 422 g/mol. The maximum atomic E-state index is 13.7. The van der Waals surface area contributed by atoms with Gasteiger partial charge in [-0.3, -0.25) is 19.3 Å². The summed E-state index contributed by atoms with van der Waals surface area (Å²) in [5, 5.41) is 2.92. The summed E-state index contributed by atoms with van der Waals surface area (Å²) in [4.78, 5) is 42.9. The van der Waals surface area contributed by atoms with Crippen LogP contribution in [0.15, 0.2) is 24.3 Å². The summed E-state index contributed by atoms with van der Waals surface area (Å²) in [5.74, 6) is 0.171. The molecule has 3 amide bonds. The molecule has 1 spiro atoms. The van der Waals surface area contributed by atoms with Crippen LogP contribution in [0.1, 0.15) is 64.2 Å². The molecule has 8 nitrogen and oxygen atoms in total. The molecule has 0 radical (unpaired) electrons. The molecule has 1 aromatic carbocycles. The molecule has 1 N–H and O–H groups in total. The first-order chi connectivity index (χ1) is 15.5. The van der Waals surface area contributed by atoms with Crippen molar-refractivity contribution in [2.24, 2.45) is 5.41 Å². The average molecular weight is 460 g/mol. The van der Waals surface area contributed by atoms with E-state index in [0.717, 1.165) is 0 Å². The van der Waals surface area contributed by atoms with E-state index >= 15 is 0 Å². The molecule has 182 valence electrons. The standard InChI is InChI=1S/C25H37N3O5/c1-17(2)26-22(30)20-16-33-25(10-12-27(13-11-25)21(29)15-24(3,4)5)28(20)23(31)18-8-7-9-19(14-18)32-6/h7-9,14,17,20H,10-13,15-16H2,1-6H3,(H,26,30)/t20-/m0/s1. The van der Waals surface area contributed by atoms with Crippen LogP contribution in [0.5, 0.6) is 5.75 Å². The second-order valence-corrected chi connectivity index (χ2v) is 10.5. The zero-order valence-electron chi connectivity index (χ0n) is 20.6. The normalized spacial score (nSPS) is 20.3. The minimum absolute atomic E-state index is 0.0558. The van der Waals surface area contributed by atoms with E-state index < -0.39 is 11.8 Å². The Morgan fingerprint density at radius 3 is 2.45 bits per heavy atom. The van der Waals surface area contributed by atoms with Crippen LogP contribution in [-0.2, 0) is 14.3 Å². The largest absolute Gasteiger partial charge is 0.497 e. The van der Waals surface area contributed by atoms with Crippen molar-refractivity contribution in [3.8, 4) is 5.75 Å². The van der Waals surface area contributed by atoms with Crippen molar-refractivity contribution in [1.29, 1.82) is 0 Å². The third kappa shape index (κ3) is 5.66. The number of ether oxygens (including phenoxy) is 2. The van der Waals surface area contributed by atoms with Crippen molar-refractivity contribution in [2.45, 2.75) is 71.7 Å². The van der Waals surface area contributed by atoms with Gasteiger partial charge in [-0.25, -0.2) is 0 Å². The van der Waals surface area contributed by atoms with Gasteiger partial charge >= 0.3 is 0 Å². The SMILES string of the molecule is COc1cccc(C(=O)N2[C@H](C(=O)NC(C)C)COC23CCN(C(=O)CC(C)(C)C)CC3)c1. The minimum Gasteiger partial charge on any atom is -0.497 e. The zero-order valence-corrected chi connectivity index (χ0v) is 20.6. The Bertz CT molecular complexity index is 884. The maximum Gasteiger partial charge on any atom is 0.257 e. The van der Waals surface area contributed by atoms with Gasteiger partial charge in [0.25, 0.3) is 5.91 Å². The smallest absolute Gasteiger partial charge is 0.257 e. The van der Waals surface area contributed by atoms with E-state index in [1.54, 1.807) is 36.3 Å². The highest BCUT2D eigenvalue weighted by Gasteiger charge is 2.54. The fraction of sp³-hybridized carbons (Fsp3) is 0.640. The molecule has 2 saturated heterocycles. The molecule has 8 heteroatoms. The highest BCUT2D eigenvalue weighted by molar-refractivity contribution is 5.98. The number of nitrogens with one attached hydrogen (secondary N) is 1. The van der Waals surface area contributed by atoms with Crippen LogP contribution in [0.2, 0.25) is 0 Å². The van der Waals surface area contributed by atoms with Gasteiger partial charge in [0.1, 0.15) is 17.5 Å². The van der Waals surface area contributed by atoms with Gasteiger partial charge in [0, 0.05) is 44.0 Å². The topological polar surface area (TPSA) is 88.2 Å². The van der Waals surface area contributed by atoms with Crippen LogP contribution in [0.4, 0.5) is 0 Å². The monoisotopic (exact) mass is 459 g/mol. The van der Waals surface area contributed by atoms with Crippen LogP contribution in [0.3, 0.4) is 0 Å². The molecule has 2 heterocycles. The zero-order chi connectivity index (χ0) is 24.4. The van der Waals surface area contributed by atoms with Gasteiger partial charge in [0.15, 0.2) is 0 Å². The van der Waals surface area contributed by atoms with Crippen molar-refractivity contribution in [1.82, 2.24) is 15.1 Å². The van der Waals surface area contributed by atoms with E-state index in [2.05, 4.69) is 5.32 Å². The number of carbonyl (C=O) groups is 3. The predicted octanol–water partition coefficient (Wildman–Crippen LogP) is 2.82. The van der Waals surface area contributed by atoms with Crippen LogP contribution >= 0.6 is 0 Å². The lowest BCUT2D eigenvalue weighted by molar-refractivity contribution is -0.145. The molecule has 2 aliphatic rings. The second kappa shape index (κ2) is 9.71. The van der Waals surface area contributed by atoms with E-state index in [9.17, 15) is 14.4 Å². The summed E-state index contributed by atoms with van der Waals surface area (Å²) >= 11 is 0. The van der Waals surface area contributed by atoms with Crippen LogP contribution in [0, 0.1) is 5.41 Å². The third-order valence-electron chi connectivity index (χ3n) is 6.11. The lowest BCUT2D eigenvalue weighted by Crippen LogP contribution is -2.60. The average Bonchev–Trinajstić information content (AvgIpc) is 3.10. The highest BCUT2D eigenvalue weighted by atomic mass is 16.5. The van der Waals surface area contributed by atoms with Gasteiger partial charge in [-0.15, -0.1) is 0 Å². The molecule has 2 fully saturated rings. The molecule has 0 unspecified atom stereocenters. The summed E-state index contributed by atoms with van der Waals surface area (Å²) in [6.07, 6.45) is 1.39. The van der Waals surface area contributed by atoms with Gasteiger partial charge in [-0.2, -0.15) is 0 Å². The van der Waals surface area contributed by atoms with Crippen molar-refractivity contribution >= 4 is 17.7 Å². The minimum atomic E-state index is -0.919. The Hall–Kier alpha value is -2.61. The molecular formula is C25H37N3O5. The molecule has 1 atom stereocenters. The molecule has 0 bridgehead atoms. The lowest BCUT2D eigenvalue weighted by atomic mass is 9.90. The number of nitrogens with zero attached hydrogens (tertiary/aromatic N) is 2. The van der Waals surface area contributed by atoms with E-state index in [4.69, 9.17) is 9.47 Å². The number of benzene rings is 1. The van der Waals surface area contributed by atoms with Gasteiger partial charge in [-0.05, 0) is 37.5 Å². The maximum absolute atomic E-state index is 13.7. The van der Waals surface area contributed by atoms with E-state index in [-0.39, 0.29) is 35.8 Å². The van der Waals surface area contributed by atoms with E-state index in [0.29, 0.717) is 43.7 Å². The van der Waals surface area contributed by atoms with Crippen molar-refractivity contribution in [3.63, 3.8) is 0 Å². The number of piperidine rings is 1. The number of likely N-dealkylation sites (tertiary alicyclic amines) is 1. The number of amides is 3. The number of carbonyl (C=O) groups excluding carboxylic acids is 3. The predicted molar refractivity (Wildman–Crippen MR) is 125 cm³/mol. The highest BCUT2D eigenvalue weighted by Crippen LogP contribution is 2.39. The van der Waals surface area contributed by atoms with E-state index in [1.165, 1.54) is 0 Å². The molecule has 1 aromatic rings. The molecule has 33 heavy (non-hydrogen) atoms. The van der Waals surface area contributed by atoms with Crippen molar-refractivity contribution in [3.05, 3.63) is 29.8 Å². The van der Waals surface area contributed by atoms with Gasteiger partial charge in [0.2, 0.25) is 11.8 Å². The van der Waals surface area contributed by atoms with Gasteiger partial charge in [-0.1, -0.05) is 26.8 Å². The van der Waals surface area contributed by atoms with Gasteiger partial charge < -0.3 is 19.7 Å². The molecule has 0 saturated carbocycles. The Kier molecular flexibility index (Phi) is 7.36. The summed E-state index contributed by atoms with van der Waals surface area (Å²) in [7, 11) is 1.55. The van der Waals surface area contributed by atoms with Crippen LogP contribution < -0.4 is 10.1 Å². The van der Waals surface area contributed by atoms with E-state index in [1.807, 2.05) is 39.5 Å². The summed E-state index contributed by atoms with van der Waals surface area (Å²) in [6.45, 7) is 11.0. The lowest BCUT2D eigenvalue weighted by Gasteiger charge is -2.45. The number of methoxy groups -OCH3 is 1. The van der Waals surface area contributed by atoms with Crippen LogP contribution in [-0.4, -0.2) is 72.1 Å². The Labute approximate surface area is 196 Å². The third-order valence-corrected chi connectivity index (χ3v) is 6.11. The molecule has 0 aliphatic carbocycles. The van der Waals surface area contributed by atoms with Crippen molar-refractivity contribution < 1.29 is 23.9 Å². The number of rotatable bonds is 5. The quantitative estimate of drug-likeness (QED) is 0.732. The molecule has 2 aliphatic heterocycles. The second-order valence-electron chi connectivity index (χ2n) is 10.5. The summed E-state index contributed by atoms with van der Waals surface area (Å²) in [5.41, 5.74) is -0.574. The first-order valence-corrected chi connectivity index (χ1v) is 11.7. The first kappa shape index (κ1) is 25.0.